The number of thioether (sulfide) groups is 1. The van der Waals surface area contributed by atoms with Gasteiger partial charge in [-0.25, -0.2) is 4.72 Å². The summed E-state index contributed by atoms with van der Waals surface area (Å²) in [6.45, 7) is 0.386. The summed E-state index contributed by atoms with van der Waals surface area (Å²) in [4.78, 5) is 10.9. The van der Waals surface area contributed by atoms with Crippen molar-refractivity contribution in [3.8, 4) is 12.3 Å². The van der Waals surface area contributed by atoms with E-state index in [2.05, 4.69) is 15.4 Å². The molecule has 0 bridgehead atoms. The van der Waals surface area contributed by atoms with Crippen molar-refractivity contribution in [2.24, 2.45) is 0 Å². The summed E-state index contributed by atoms with van der Waals surface area (Å²) in [6, 6.07) is 0. The van der Waals surface area contributed by atoms with Crippen LogP contribution in [0.3, 0.4) is 0 Å². The van der Waals surface area contributed by atoms with Crippen LogP contribution in [0.15, 0.2) is 0 Å². The molecule has 8 heteroatoms. The molecule has 0 aliphatic heterocycles. The summed E-state index contributed by atoms with van der Waals surface area (Å²) < 4.78 is 31.3. The lowest BCUT2D eigenvalue weighted by Crippen LogP contribution is -2.40. The Balaban J connectivity index is 3.97. The van der Waals surface area contributed by atoms with E-state index < -0.39 is 16.2 Å². The van der Waals surface area contributed by atoms with Gasteiger partial charge in [-0.2, -0.15) is 12.7 Å². The van der Waals surface area contributed by atoms with Gasteiger partial charge >= 0.3 is 5.97 Å². The zero-order valence-corrected chi connectivity index (χ0v) is 12.1. The highest BCUT2D eigenvalue weighted by molar-refractivity contribution is 7.99. The van der Waals surface area contributed by atoms with Crippen LogP contribution >= 0.6 is 11.8 Å². The molecule has 0 unspecified atom stereocenters. The second kappa shape index (κ2) is 9.22. The molecule has 0 spiro atoms. The Kier molecular flexibility index (Phi) is 8.83. The highest BCUT2D eigenvalue weighted by atomic mass is 32.2. The Labute approximate surface area is 113 Å². The summed E-state index contributed by atoms with van der Waals surface area (Å²) in [5.74, 6) is 3.17. The van der Waals surface area contributed by atoms with E-state index in [0.29, 0.717) is 18.1 Å². The van der Waals surface area contributed by atoms with Crippen LogP contribution in [0.5, 0.6) is 0 Å². The standard InChI is InChI=1S/C10H18N2O4S2/c1-4-8-17-9-6-11-18(14,15)12(2)7-5-10(13)16-3/h1,11H,5-9H2,2-3H3. The molecule has 0 amide bonds. The number of hydrogen-bond acceptors (Lipinski definition) is 5. The second-order valence-electron chi connectivity index (χ2n) is 3.30. The van der Waals surface area contributed by atoms with Gasteiger partial charge in [-0.15, -0.1) is 18.2 Å². The lowest BCUT2D eigenvalue weighted by molar-refractivity contribution is -0.140. The van der Waals surface area contributed by atoms with E-state index in [4.69, 9.17) is 6.42 Å². The van der Waals surface area contributed by atoms with Crippen molar-refractivity contribution in [2.75, 3.05) is 38.8 Å². The van der Waals surface area contributed by atoms with Crippen LogP contribution in [0.25, 0.3) is 0 Å². The minimum Gasteiger partial charge on any atom is -0.469 e. The van der Waals surface area contributed by atoms with Crippen LogP contribution in [-0.4, -0.2) is 57.4 Å². The van der Waals surface area contributed by atoms with Crippen molar-refractivity contribution in [1.29, 1.82) is 0 Å². The molecule has 104 valence electrons. The van der Waals surface area contributed by atoms with Crippen molar-refractivity contribution in [1.82, 2.24) is 9.03 Å². The van der Waals surface area contributed by atoms with Gasteiger partial charge in [-0.05, 0) is 0 Å². The molecular weight excluding hydrogens is 276 g/mol. The quantitative estimate of drug-likeness (QED) is 0.358. The molecule has 0 aliphatic carbocycles. The number of rotatable bonds is 9. The topological polar surface area (TPSA) is 75.7 Å². The van der Waals surface area contributed by atoms with E-state index in [1.807, 2.05) is 0 Å². The highest BCUT2D eigenvalue weighted by Gasteiger charge is 2.17. The summed E-state index contributed by atoms with van der Waals surface area (Å²) >= 11 is 1.47. The highest BCUT2D eigenvalue weighted by Crippen LogP contribution is 1.99. The van der Waals surface area contributed by atoms with Crippen molar-refractivity contribution >= 4 is 27.9 Å². The molecule has 0 aromatic heterocycles. The van der Waals surface area contributed by atoms with Crippen molar-refractivity contribution < 1.29 is 17.9 Å². The third kappa shape index (κ3) is 7.55. The monoisotopic (exact) mass is 294 g/mol. The van der Waals surface area contributed by atoms with Crippen molar-refractivity contribution in [2.45, 2.75) is 6.42 Å². The zero-order valence-electron chi connectivity index (χ0n) is 10.5. The third-order valence-corrected chi connectivity index (χ3v) is 4.42. The van der Waals surface area contributed by atoms with Crippen LogP contribution in [0.4, 0.5) is 0 Å². The number of nitrogens with one attached hydrogen (secondary N) is 1. The molecule has 0 rings (SSSR count). The molecular formula is C10H18N2O4S2. The predicted octanol–water partition coefficient (Wildman–Crippen LogP) is -0.318. The predicted molar refractivity (Wildman–Crippen MR) is 72.3 cm³/mol. The molecule has 6 nitrogen and oxygen atoms in total. The first kappa shape index (κ1) is 17.2. The van der Waals surface area contributed by atoms with Gasteiger partial charge in [-0.3, -0.25) is 4.79 Å². The number of carbonyl (C=O) groups is 1. The molecule has 0 aliphatic rings. The summed E-state index contributed by atoms with van der Waals surface area (Å²) in [5, 5.41) is 0. The van der Waals surface area contributed by atoms with Crippen LogP contribution in [0, 0.1) is 12.3 Å². The zero-order chi connectivity index (χ0) is 14.0. The average Bonchev–Trinajstić information content (AvgIpc) is 2.34. The largest absolute Gasteiger partial charge is 0.469 e. The summed E-state index contributed by atoms with van der Waals surface area (Å²) in [6.07, 6.45) is 5.09. The molecule has 0 atom stereocenters. The Hall–Kier alpha value is -0.750. The number of ether oxygens (including phenoxy) is 1. The molecule has 1 N–H and O–H groups in total. The smallest absolute Gasteiger partial charge is 0.306 e. The molecule has 0 aromatic carbocycles. The maximum Gasteiger partial charge on any atom is 0.306 e. The van der Waals surface area contributed by atoms with E-state index in [1.54, 1.807) is 0 Å². The maximum atomic E-state index is 11.7. The van der Waals surface area contributed by atoms with Crippen molar-refractivity contribution in [3.63, 3.8) is 0 Å². The van der Waals surface area contributed by atoms with E-state index >= 15 is 0 Å². The number of carbonyl (C=O) groups excluding carboxylic acids is 1. The van der Waals surface area contributed by atoms with Gasteiger partial charge in [-0.1, -0.05) is 5.92 Å². The fourth-order valence-electron chi connectivity index (χ4n) is 0.955. The molecule has 18 heavy (non-hydrogen) atoms. The van der Waals surface area contributed by atoms with E-state index in [-0.39, 0.29) is 13.0 Å². The fourth-order valence-corrected chi connectivity index (χ4v) is 2.50. The van der Waals surface area contributed by atoms with Gasteiger partial charge in [0, 0.05) is 25.9 Å². The number of hydrogen-bond donors (Lipinski definition) is 1. The van der Waals surface area contributed by atoms with Crippen LogP contribution < -0.4 is 4.72 Å². The number of terminal acetylenes is 1. The number of esters is 1. The van der Waals surface area contributed by atoms with Crippen LogP contribution in [0.2, 0.25) is 0 Å². The van der Waals surface area contributed by atoms with Gasteiger partial charge in [0.15, 0.2) is 0 Å². The van der Waals surface area contributed by atoms with E-state index in [0.717, 1.165) is 4.31 Å². The van der Waals surface area contributed by atoms with Gasteiger partial charge in [0.25, 0.3) is 10.2 Å². The van der Waals surface area contributed by atoms with Crippen molar-refractivity contribution in [3.05, 3.63) is 0 Å². The SMILES string of the molecule is C#CCSCCNS(=O)(=O)N(C)CCC(=O)OC. The summed E-state index contributed by atoms with van der Waals surface area (Å²) in [7, 11) is -0.876. The Bertz CT molecular complexity index is 389. The van der Waals surface area contributed by atoms with Gasteiger partial charge in [0.1, 0.15) is 0 Å². The molecule has 0 fully saturated rings. The second-order valence-corrected chi connectivity index (χ2v) is 6.27. The van der Waals surface area contributed by atoms with Gasteiger partial charge < -0.3 is 4.74 Å². The molecule has 0 radical (unpaired) electrons. The number of methoxy groups -OCH3 is 1. The molecule has 0 aromatic rings. The van der Waals surface area contributed by atoms with Gasteiger partial charge in [0.2, 0.25) is 0 Å². The average molecular weight is 294 g/mol. The van der Waals surface area contributed by atoms with Gasteiger partial charge in [0.05, 0.1) is 19.3 Å². The lowest BCUT2D eigenvalue weighted by Gasteiger charge is -2.16. The minimum absolute atomic E-state index is 0.0275. The molecule has 0 heterocycles. The maximum absolute atomic E-state index is 11.7. The Morgan fingerprint density at radius 1 is 1.56 bits per heavy atom. The first-order valence-electron chi connectivity index (χ1n) is 5.23. The minimum atomic E-state index is -3.54. The van der Waals surface area contributed by atoms with E-state index in [9.17, 15) is 13.2 Å². The third-order valence-electron chi connectivity index (χ3n) is 1.99. The van der Waals surface area contributed by atoms with Crippen LogP contribution in [0.1, 0.15) is 6.42 Å². The Morgan fingerprint density at radius 3 is 2.78 bits per heavy atom. The fraction of sp³-hybridized carbons (Fsp3) is 0.700. The first-order chi connectivity index (χ1) is 8.44. The normalized spacial score (nSPS) is 11.2. The molecule has 0 saturated heterocycles. The Morgan fingerprint density at radius 2 is 2.22 bits per heavy atom. The van der Waals surface area contributed by atoms with Crippen LogP contribution in [-0.2, 0) is 19.7 Å². The lowest BCUT2D eigenvalue weighted by atomic mass is 10.4. The summed E-state index contributed by atoms with van der Waals surface area (Å²) in [5.41, 5.74) is 0. The molecule has 0 saturated carbocycles. The first-order valence-corrected chi connectivity index (χ1v) is 7.82. The van der Waals surface area contributed by atoms with E-state index in [1.165, 1.54) is 25.9 Å². The number of nitrogens with zero attached hydrogens (tertiary/aromatic N) is 1.